The monoisotopic (exact) mass is 383 g/mol. The smallest absolute Gasteiger partial charge is 0.277 e. The predicted molar refractivity (Wildman–Crippen MR) is 103 cm³/mol. The van der Waals surface area contributed by atoms with E-state index in [9.17, 15) is 0 Å². The lowest BCUT2D eigenvalue weighted by Crippen LogP contribution is -1.88. The Morgan fingerprint density at radius 2 is 1.92 bits per heavy atom. The van der Waals surface area contributed by atoms with E-state index in [4.69, 9.17) is 20.8 Å². The minimum atomic E-state index is 0.481. The number of fused-ring (bicyclic) bond motifs is 1. The summed E-state index contributed by atoms with van der Waals surface area (Å²) in [5, 5.41) is 10.4. The molecular weight excluding hydrogens is 370 g/mol. The summed E-state index contributed by atoms with van der Waals surface area (Å²) in [5.74, 6) is 1.92. The molecule has 4 aromatic rings. The number of rotatable bonds is 5. The van der Waals surface area contributed by atoms with Crippen molar-refractivity contribution in [3.63, 3.8) is 0 Å². The maximum Gasteiger partial charge on any atom is 0.277 e. The Morgan fingerprint density at radius 1 is 1.08 bits per heavy atom. The van der Waals surface area contributed by atoms with E-state index in [-0.39, 0.29) is 0 Å². The highest BCUT2D eigenvalue weighted by Gasteiger charge is 2.11. The van der Waals surface area contributed by atoms with Crippen LogP contribution in [0.1, 0.15) is 5.56 Å². The summed E-state index contributed by atoms with van der Waals surface area (Å²) >= 11 is 7.71. The third-order valence-electron chi connectivity index (χ3n) is 3.89. The van der Waals surface area contributed by atoms with Crippen molar-refractivity contribution in [1.82, 2.24) is 15.2 Å². The van der Waals surface area contributed by atoms with Gasteiger partial charge in [-0.15, -0.1) is 10.2 Å². The second-order valence-corrected chi connectivity index (χ2v) is 6.83. The maximum absolute atomic E-state index is 6.24. The van der Waals surface area contributed by atoms with Crippen molar-refractivity contribution in [1.29, 1.82) is 0 Å². The van der Waals surface area contributed by atoms with Gasteiger partial charge in [0.05, 0.1) is 12.6 Å². The average molecular weight is 384 g/mol. The molecule has 0 saturated carbocycles. The number of pyridine rings is 1. The Hall–Kier alpha value is -2.57. The van der Waals surface area contributed by atoms with Crippen LogP contribution in [0.2, 0.25) is 5.02 Å². The molecule has 0 spiro atoms. The Labute approximate surface area is 159 Å². The first kappa shape index (κ1) is 16.9. The Morgan fingerprint density at radius 3 is 2.73 bits per heavy atom. The van der Waals surface area contributed by atoms with E-state index in [0.29, 0.717) is 21.9 Å². The average Bonchev–Trinajstić information content (AvgIpc) is 3.17. The molecule has 0 aliphatic rings. The summed E-state index contributed by atoms with van der Waals surface area (Å²) in [6, 6.07) is 15.2. The number of benzene rings is 2. The van der Waals surface area contributed by atoms with Crippen LogP contribution in [0.3, 0.4) is 0 Å². The van der Waals surface area contributed by atoms with Gasteiger partial charge in [0.2, 0.25) is 5.89 Å². The van der Waals surface area contributed by atoms with E-state index in [0.717, 1.165) is 27.8 Å². The van der Waals surface area contributed by atoms with Gasteiger partial charge in [0.15, 0.2) is 0 Å². The van der Waals surface area contributed by atoms with Gasteiger partial charge in [0, 0.05) is 27.9 Å². The SMILES string of the molecule is COc1ccc(-c2nnc(SCc3ccc(Cl)c4cccnc34)o2)cc1. The van der Waals surface area contributed by atoms with Crippen LogP contribution in [0.25, 0.3) is 22.4 Å². The molecule has 5 nitrogen and oxygen atoms in total. The van der Waals surface area contributed by atoms with Crippen LogP contribution < -0.4 is 4.74 Å². The number of nitrogens with zero attached hydrogens (tertiary/aromatic N) is 3. The van der Waals surface area contributed by atoms with E-state index < -0.39 is 0 Å². The van der Waals surface area contributed by atoms with E-state index in [2.05, 4.69) is 15.2 Å². The molecule has 2 aromatic carbocycles. The molecule has 0 radical (unpaired) electrons. The third kappa shape index (κ3) is 3.38. The summed E-state index contributed by atoms with van der Waals surface area (Å²) in [6.07, 6.45) is 1.77. The maximum atomic E-state index is 6.24. The fourth-order valence-corrected chi connectivity index (χ4v) is 3.53. The third-order valence-corrected chi connectivity index (χ3v) is 5.09. The van der Waals surface area contributed by atoms with Gasteiger partial charge < -0.3 is 9.15 Å². The lowest BCUT2D eigenvalue weighted by molar-refractivity contribution is 0.414. The van der Waals surface area contributed by atoms with Crippen LogP contribution in [0, 0.1) is 0 Å². The van der Waals surface area contributed by atoms with Gasteiger partial charge in [-0.25, -0.2) is 0 Å². The molecule has 0 N–H and O–H groups in total. The predicted octanol–water partition coefficient (Wildman–Crippen LogP) is 5.24. The highest BCUT2D eigenvalue weighted by atomic mass is 35.5. The summed E-state index contributed by atoms with van der Waals surface area (Å²) in [7, 11) is 1.63. The molecule has 0 amide bonds. The lowest BCUT2D eigenvalue weighted by Gasteiger charge is -2.05. The number of ether oxygens (including phenoxy) is 1. The van der Waals surface area contributed by atoms with Gasteiger partial charge in [-0.05, 0) is 48.0 Å². The Balaban J connectivity index is 1.52. The van der Waals surface area contributed by atoms with Crippen LogP contribution >= 0.6 is 23.4 Å². The summed E-state index contributed by atoms with van der Waals surface area (Å²) in [5.41, 5.74) is 2.81. The van der Waals surface area contributed by atoms with Crippen molar-refractivity contribution in [2.24, 2.45) is 0 Å². The van der Waals surface area contributed by atoms with Crippen LogP contribution in [0.15, 0.2) is 64.4 Å². The van der Waals surface area contributed by atoms with Crippen molar-refractivity contribution >= 4 is 34.3 Å². The van der Waals surface area contributed by atoms with Gasteiger partial charge in [-0.2, -0.15) is 0 Å². The molecule has 0 bridgehead atoms. The minimum absolute atomic E-state index is 0.481. The molecule has 26 heavy (non-hydrogen) atoms. The topological polar surface area (TPSA) is 61.0 Å². The number of halogens is 1. The fraction of sp³-hybridized carbons (Fsp3) is 0.105. The largest absolute Gasteiger partial charge is 0.497 e. The van der Waals surface area contributed by atoms with Crippen molar-refractivity contribution in [3.05, 3.63) is 65.3 Å². The number of aromatic nitrogens is 3. The lowest BCUT2D eigenvalue weighted by atomic mass is 10.1. The zero-order valence-corrected chi connectivity index (χ0v) is 15.4. The van der Waals surface area contributed by atoms with E-state index in [1.165, 1.54) is 11.8 Å². The first-order valence-corrected chi connectivity index (χ1v) is 9.24. The van der Waals surface area contributed by atoms with E-state index >= 15 is 0 Å². The normalized spacial score (nSPS) is 11.0. The number of thioether (sulfide) groups is 1. The number of methoxy groups -OCH3 is 1. The first-order valence-electron chi connectivity index (χ1n) is 7.87. The van der Waals surface area contributed by atoms with Crippen molar-refractivity contribution in [3.8, 4) is 17.2 Å². The minimum Gasteiger partial charge on any atom is -0.497 e. The quantitative estimate of drug-likeness (QED) is 0.439. The highest BCUT2D eigenvalue weighted by Crippen LogP contribution is 2.30. The number of hydrogen-bond acceptors (Lipinski definition) is 6. The molecule has 0 fully saturated rings. The second kappa shape index (κ2) is 7.35. The molecular formula is C19H14ClN3O2S. The van der Waals surface area contributed by atoms with Crippen LogP contribution in [-0.2, 0) is 5.75 Å². The standard InChI is InChI=1S/C19H14ClN3O2S/c1-24-14-7-4-12(5-8-14)18-22-23-19(25-18)26-11-13-6-9-16(20)15-3-2-10-21-17(13)15/h2-10H,11H2,1H3. The van der Waals surface area contributed by atoms with Gasteiger partial charge in [0.1, 0.15) is 5.75 Å². The van der Waals surface area contributed by atoms with Gasteiger partial charge in [0.25, 0.3) is 5.22 Å². The van der Waals surface area contributed by atoms with Gasteiger partial charge in [-0.1, -0.05) is 29.4 Å². The second-order valence-electron chi connectivity index (χ2n) is 5.50. The first-order chi connectivity index (χ1) is 12.7. The molecule has 0 saturated heterocycles. The van der Waals surface area contributed by atoms with Crippen molar-refractivity contribution < 1.29 is 9.15 Å². The molecule has 4 rings (SSSR count). The van der Waals surface area contributed by atoms with Crippen LogP contribution in [-0.4, -0.2) is 22.3 Å². The molecule has 7 heteroatoms. The summed E-state index contributed by atoms with van der Waals surface area (Å²) in [4.78, 5) is 4.45. The molecule has 0 aliphatic heterocycles. The zero-order valence-electron chi connectivity index (χ0n) is 13.8. The van der Waals surface area contributed by atoms with E-state index in [1.54, 1.807) is 13.3 Å². The van der Waals surface area contributed by atoms with Gasteiger partial charge >= 0.3 is 0 Å². The highest BCUT2D eigenvalue weighted by molar-refractivity contribution is 7.98. The Kier molecular flexibility index (Phi) is 4.77. The van der Waals surface area contributed by atoms with Crippen LogP contribution in [0.5, 0.6) is 5.75 Å². The molecule has 0 unspecified atom stereocenters. The van der Waals surface area contributed by atoms with Crippen molar-refractivity contribution in [2.45, 2.75) is 11.0 Å². The molecule has 2 aromatic heterocycles. The number of hydrogen-bond donors (Lipinski definition) is 0. The van der Waals surface area contributed by atoms with Crippen molar-refractivity contribution in [2.75, 3.05) is 7.11 Å². The summed E-state index contributed by atoms with van der Waals surface area (Å²) < 4.78 is 10.9. The fourth-order valence-electron chi connectivity index (χ4n) is 2.57. The molecule has 0 atom stereocenters. The molecule has 0 aliphatic carbocycles. The zero-order chi connectivity index (χ0) is 17.9. The molecule has 2 heterocycles. The Bertz CT molecular complexity index is 1050. The summed E-state index contributed by atoms with van der Waals surface area (Å²) in [6.45, 7) is 0. The van der Waals surface area contributed by atoms with Gasteiger partial charge in [-0.3, -0.25) is 4.98 Å². The molecule has 130 valence electrons. The van der Waals surface area contributed by atoms with Crippen LogP contribution in [0.4, 0.5) is 0 Å². The van der Waals surface area contributed by atoms with E-state index in [1.807, 2.05) is 48.5 Å².